The molecule has 1 aromatic heterocycles. The number of hydrogen-bond acceptors (Lipinski definition) is 2. The Kier molecular flexibility index (Phi) is 2.78. The Morgan fingerprint density at radius 3 is 3.00 bits per heavy atom. The first-order chi connectivity index (χ1) is 8.43. The summed E-state index contributed by atoms with van der Waals surface area (Å²) in [7, 11) is 0. The van der Waals surface area contributed by atoms with E-state index in [4.69, 9.17) is 4.74 Å². The van der Waals surface area contributed by atoms with Crippen molar-refractivity contribution >= 4 is 0 Å². The van der Waals surface area contributed by atoms with Gasteiger partial charge in [-0.1, -0.05) is 18.2 Å². The Hall–Kier alpha value is -1.83. The van der Waals surface area contributed by atoms with E-state index >= 15 is 0 Å². The molecule has 0 spiro atoms. The Balaban J connectivity index is 1.76. The molecule has 0 amide bonds. The van der Waals surface area contributed by atoms with Crippen molar-refractivity contribution in [1.29, 1.82) is 0 Å². The molecule has 2 aromatic rings. The third kappa shape index (κ3) is 2.16. The summed E-state index contributed by atoms with van der Waals surface area (Å²) in [5.41, 5.74) is 3.97. The topological polar surface area (TPSA) is 22.1 Å². The summed E-state index contributed by atoms with van der Waals surface area (Å²) >= 11 is 0. The molecule has 0 atom stereocenters. The number of hydrogen-bond donors (Lipinski definition) is 0. The molecule has 86 valence electrons. The molecular weight excluding hydrogens is 210 g/mol. The average Bonchev–Trinajstić information content (AvgIpc) is 2.86. The molecule has 1 aromatic carbocycles. The lowest BCUT2D eigenvalue weighted by molar-refractivity contribution is 0.303. The van der Waals surface area contributed by atoms with Crippen LogP contribution in [0.5, 0.6) is 5.75 Å². The van der Waals surface area contributed by atoms with E-state index < -0.39 is 0 Å². The smallest absolute Gasteiger partial charge is 0.123 e. The molecule has 0 saturated heterocycles. The van der Waals surface area contributed by atoms with Gasteiger partial charge in [-0.05, 0) is 42.5 Å². The van der Waals surface area contributed by atoms with E-state index in [1.807, 2.05) is 18.3 Å². The average molecular weight is 225 g/mol. The Bertz CT molecular complexity index is 508. The number of nitrogens with zero attached hydrogens (tertiary/aromatic N) is 1. The standard InChI is InChI=1S/C15H15NO/c1-5-13-6-2-8-15(14(13)7-1)17-11-12-4-3-9-16-10-12/h2-4,6,8-10H,1,5,7,11H2. The first-order valence-electron chi connectivity index (χ1n) is 6.06. The van der Waals surface area contributed by atoms with Gasteiger partial charge in [-0.3, -0.25) is 4.98 Å². The van der Waals surface area contributed by atoms with Crippen molar-refractivity contribution in [1.82, 2.24) is 4.98 Å². The number of aromatic nitrogens is 1. The SMILES string of the molecule is c1cncc(COc2cccc3c2CCC3)c1. The van der Waals surface area contributed by atoms with Crippen LogP contribution in [0, 0.1) is 0 Å². The van der Waals surface area contributed by atoms with E-state index in [1.54, 1.807) is 6.20 Å². The monoisotopic (exact) mass is 225 g/mol. The predicted molar refractivity (Wildman–Crippen MR) is 67.0 cm³/mol. The molecule has 0 unspecified atom stereocenters. The van der Waals surface area contributed by atoms with E-state index in [1.165, 1.54) is 24.0 Å². The largest absolute Gasteiger partial charge is 0.489 e. The van der Waals surface area contributed by atoms with Crippen LogP contribution in [0.15, 0.2) is 42.7 Å². The summed E-state index contributed by atoms with van der Waals surface area (Å²) in [4.78, 5) is 4.09. The van der Waals surface area contributed by atoms with Crippen LogP contribution in [-0.2, 0) is 19.4 Å². The Morgan fingerprint density at radius 1 is 1.12 bits per heavy atom. The molecule has 0 aliphatic heterocycles. The van der Waals surface area contributed by atoms with Gasteiger partial charge < -0.3 is 4.74 Å². The molecule has 0 radical (unpaired) electrons. The number of ether oxygens (including phenoxy) is 1. The van der Waals surface area contributed by atoms with Gasteiger partial charge in [0.25, 0.3) is 0 Å². The maximum Gasteiger partial charge on any atom is 0.123 e. The van der Waals surface area contributed by atoms with E-state index in [-0.39, 0.29) is 0 Å². The molecule has 0 saturated carbocycles. The van der Waals surface area contributed by atoms with Crippen LogP contribution in [0.1, 0.15) is 23.1 Å². The number of fused-ring (bicyclic) bond motifs is 1. The third-order valence-corrected chi connectivity index (χ3v) is 3.22. The third-order valence-electron chi connectivity index (χ3n) is 3.22. The molecule has 1 heterocycles. The van der Waals surface area contributed by atoms with Crippen LogP contribution >= 0.6 is 0 Å². The quantitative estimate of drug-likeness (QED) is 0.800. The molecule has 2 heteroatoms. The molecule has 0 N–H and O–H groups in total. The second-order valence-electron chi connectivity index (χ2n) is 4.40. The maximum absolute atomic E-state index is 5.89. The molecule has 2 nitrogen and oxygen atoms in total. The normalized spacial score (nSPS) is 13.4. The fourth-order valence-electron chi connectivity index (χ4n) is 2.36. The maximum atomic E-state index is 5.89. The minimum atomic E-state index is 0.601. The van der Waals surface area contributed by atoms with Crippen LogP contribution in [0.3, 0.4) is 0 Å². The molecule has 17 heavy (non-hydrogen) atoms. The van der Waals surface area contributed by atoms with Crippen molar-refractivity contribution in [2.24, 2.45) is 0 Å². The second kappa shape index (κ2) is 4.58. The van der Waals surface area contributed by atoms with Gasteiger partial charge in [0.1, 0.15) is 12.4 Å². The van der Waals surface area contributed by atoms with Crippen LogP contribution in [0.2, 0.25) is 0 Å². The lowest BCUT2D eigenvalue weighted by Gasteiger charge is -2.10. The summed E-state index contributed by atoms with van der Waals surface area (Å²) in [6.45, 7) is 0.601. The van der Waals surface area contributed by atoms with Crippen molar-refractivity contribution in [2.45, 2.75) is 25.9 Å². The molecule has 1 aliphatic rings. The zero-order valence-corrected chi connectivity index (χ0v) is 9.73. The van der Waals surface area contributed by atoms with Gasteiger partial charge in [0, 0.05) is 18.0 Å². The van der Waals surface area contributed by atoms with E-state index in [2.05, 4.69) is 23.2 Å². The van der Waals surface area contributed by atoms with Crippen molar-refractivity contribution in [3.63, 3.8) is 0 Å². The highest BCUT2D eigenvalue weighted by molar-refractivity contribution is 5.43. The molecular formula is C15H15NO. The molecule has 1 aliphatic carbocycles. The van der Waals surface area contributed by atoms with Gasteiger partial charge in [-0.25, -0.2) is 0 Å². The molecule has 0 bridgehead atoms. The number of aryl methyl sites for hydroxylation is 1. The van der Waals surface area contributed by atoms with Gasteiger partial charge in [0.15, 0.2) is 0 Å². The summed E-state index contributed by atoms with van der Waals surface area (Å²) in [6.07, 6.45) is 7.23. The van der Waals surface area contributed by atoms with Crippen LogP contribution in [0.25, 0.3) is 0 Å². The molecule has 0 fully saturated rings. The highest BCUT2D eigenvalue weighted by Crippen LogP contribution is 2.30. The first kappa shape index (κ1) is 10.3. The van der Waals surface area contributed by atoms with Crippen molar-refractivity contribution < 1.29 is 4.74 Å². The van der Waals surface area contributed by atoms with Crippen LogP contribution in [0.4, 0.5) is 0 Å². The van der Waals surface area contributed by atoms with Gasteiger partial charge in [-0.2, -0.15) is 0 Å². The van der Waals surface area contributed by atoms with Crippen molar-refractivity contribution in [3.8, 4) is 5.75 Å². The summed E-state index contributed by atoms with van der Waals surface area (Å²) in [6, 6.07) is 10.3. The van der Waals surface area contributed by atoms with Crippen LogP contribution < -0.4 is 4.74 Å². The molecule has 3 rings (SSSR count). The van der Waals surface area contributed by atoms with E-state index in [0.717, 1.165) is 17.7 Å². The highest BCUT2D eigenvalue weighted by Gasteiger charge is 2.14. The highest BCUT2D eigenvalue weighted by atomic mass is 16.5. The lowest BCUT2D eigenvalue weighted by atomic mass is 10.1. The van der Waals surface area contributed by atoms with E-state index in [9.17, 15) is 0 Å². The second-order valence-corrected chi connectivity index (χ2v) is 4.40. The van der Waals surface area contributed by atoms with E-state index in [0.29, 0.717) is 6.61 Å². The minimum absolute atomic E-state index is 0.601. The first-order valence-corrected chi connectivity index (χ1v) is 6.06. The number of pyridine rings is 1. The van der Waals surface area contributed by atoms with Gasteiger partial charge >= 0.3 is 0 Å². The fraction of sp³-hybridized carbons (Fsp3) is 0.267. The minimum Gasteiger partial charge on any atom is -0.489 e. The Labute approximate surface area is 101 Å². The van der Waals surface area contributed by atoms with Crippen molar-refractivity contribution in [2.75, 3.05) is 0 Å². The fourth-order valence-corrected chi connectivity index (χ4v) is 2.36. The zero-order chi connectivity index (χ0) is 11.5. The zero-order valence-electron chi connectivity index (χ0n) is 9.73. The van der Waals surface area contributed by atoms with Crippen molar-refractivity contribution in [3.05, 3.63) is 59.4 Å². The lowest BCUT2D eigenvalue weighted by Crippen LogP contribution is -1.98. The van der Waals surface area contributed by atoms with Crippen LogP contribution in [-0.4, -0.2) is 4.98 Å². The number of rotatable bonds is 3. The summed E-state index contributed by atoms with van der Waals surface area (Å²) in [5, 5.41) is 0. The summed E-state index contributed by atoms with van der Waals surface area (Å²) in [5.74, 6) is 1.05. The Morgan fingerprint density at radius 2 is 2.12 bits per heavy atom. The number of benzene rings is 1. The summed E-state index contributed by atoms with van der Waals surface area (Å²) < 4.78 is 5.89. The van der Waals surface area contributed by atoms with Gasteiger partial charge in [0.05, 0.1) is 0 Å². The van der Waals surface area contributed by atoms with Gasteiger partial charge in [0.2, 0.25) is 0 Å². The van der Waals surface area contributed by atoms with Gasteiger partial charge in [-0.15, -0.1) is 0 Å². The predicted octanol–water partition coefficient (Wildman–Crippen LogP) is 3.15.